The van der Waals surface area contributed by atoms with Crippen LogP contribution in [0.1, 0.15) is 12.5 Å². The summed E-state index contributed by atoms with van der Waals surface area (Å²) in [6.45, 7) is 5.86. The van der Waals surface area contributed by atoms with E-state index >= 15 is 0 Å². The van der Waals surface area contributed by atoms with Gasteiger partial charge in [0.2, 0.25) is 0 Å². The molecule has 2 rings (SSSR count). The van der Waals surface area contributed by atoms with E-state index in [-0.39, 0.29) is 5.82 Å². The summed E-state index contributed by atoms with van der Waals surface area (Å²) in [7, 11) is 0. The summed E-state index contributed by atoms with van der Waals surface area (Å²) in [4.78, 5) is 0. The molecule has 1 saturated heterocycles. The molecule has 0 atom stereocenters. The zero-order chi connectivity index (χ0) is 11.4. The van der Waals surface area contributed by atoms with Crippen molar-refractivity contribution in [2.75, 3.05) is 26.3 Å². The first-order chi connectivity index (χ1) is 7.68. The molecule has 0 saturated carbocycles. The summed E-state index contributed by atoms with van der Waals surface area (Å²) in [6, 6.07) is 6.70. The highest BCUT2D eigenvalue weighted by atomic mass is 19.1. The monoisotopic (exact) mass is 223 g/mol. The summed E-state index contributed by atoms with van der Waals surface area (Å²) in [6.07, 6.45) is 0.942. The van der Waals surface area contributed by atoms with Crippen LogP contribution < -0.4 is 5.32 Å². The number of rotatable bonds is 5. The Kier molecular flexibility index (Phi) is 3.56. The van der Waals surface area contributed by atoms with E-state index in [2.05, 4.69) is 12.2 Å². The average molecular weight is 223 g/mol. The molecule has 1 aromatic rings. The molecule has 0 bridgehead atoms. The molecule has 1 aliphatic rings. The van der Waals surface area contributed by atoms with Crippen molar-refractivity contribution >= 4 is 0 Å². The van der Waals surface area contributed by atoms with Gasteiger partial charge >= 0.3 is 0 Å². The third-order valence-corrected chi connectivity index (χ3v) is 2.96. The van der Waals surface area contributed by atoms with Crippen molar-refractivity contribution < 1.29 is 9.13 Å². The molecule has 3 heteroatoms. The van der Waals surface area contributed by atoms with Crippen molar-refractivity contribution in [2.24, 2.45) is 5.41 Å². The Labute approximate surface area is 95.8 Å². The van der Waals surface area contributed by atoms with Crippen LogP contribution in [0.3, 0.4) is 0 Å². The SMILES string of the molecule is CC1(CNCCc2ccc(F)cc2)COC1. The topological polar surface area (TPSA) is 21.3 Å². The quantitative estimate of drug-likeness (QED) is 0.771. The van der Waals surface area contributed by atoms with E-state index in [1.165, 1.54) is 17.7 Å². The summed E-state index contributed by atoms with van der Waals surface area (Å²) in [5, 5.41) is 3.42. The maximum atomic E-state index is 12.7. The van der Waals surface area contributed by atoms with Gasteiger partial charge in [0, 0.05) is 12.0 Å². The van der Waals surface area contributed by atoms with Crippen LogP contribution in [0.25, 0.3) is 0 Å². The molecule has 1 heterocycles. The van der Waals surface area contributed by atoms with E-state index in [1.54, 1.807) is 0 Å². The third kappa shape index (κ3) is 3.03. The molecule has 0 aliphatic carbocycles. The standard InChI is InChI=1S/C13H18FNO/c1-13(9-16-10-13)8-15-7-6-11-2-4-12(14)5-3-11/h2-5,15H,6-10H2,1H3. The molecule has 0 aromatic heterocycles. The van der Waals surface area contributed by atoms with E-state index in [0.29, 0.717) is 5.41 Å². The summed E-state index contributed by atoms with van der Waals surface area (Å²) < 4.78 is 17.8. The Morgan fingerprint density at radius 2 is 2.00 bits per heavy atom. The van der Waals surface area contributed by atoms with E-state index in [4.69, 9.17) is 4.74 Å². The highest BCUT2D eigenvalue weighted by molar-refractivity contribution is 5.16. The van der Waals surface area contributed by atoms with Crippen molar-refractivity contribution in [3.8, 4) is 0 Å². The number of halogens is 1. The molecule has 2 nitrogen and oxygen atoms in total. The maximum Gasteiger partial charge on any atom is 0.123 e. The Balaban J connectivity index is 1.66. The fourth-order valence-electron chi connectivity index (χ4n) is 1.83. The van der Waals surface area contributed by atoms with Gasteiger partial charge in [0.1, 0.15) is 5.82 Å². The lowest BCUT2D eigenvalue weighted by Gasteiger charge is -2.38. The van der Waals surface area contributed by atoms with Crippen molar-refractivity contribution in [3.05, 3.63) is 35.6 Å². The molecular weight excluding hydrogens is 205 g/mol. The van der Waals surface area contributed by atoms with Gasteiger partial charge in [-0.1, -0.05) is 19.1 Å². The molecule has 0 unspecified atom stereocenters. The molecule has 1 aromatic carbocycles. The zero-order valence-electron chi connectivity index (χ0n) is 9.63. The second kappa shape index (κ2) is 4.93. The van der Waals surface area contributed by atoms with Crippen molar-refractivity contribution in [1.82, 2.24) is 5.32 Å². The number of hydrogen-bond acceptors (Lipinski definition) is 2. The van der Waals surface area contributed by atoms with Gasteiger partial charge in [-0.3, -0.25) is 0 Å². The number of benzene rings is 1. The molecule has 1 aliphatic heterocycles. The van der Waals surface area contributed by atoms with Gasteiger partial charge in [0.05, 0.1) is 13.2 Å². The van der Waals surface area contributed by atoms with Crippen LogP contribution in [0.15, 0.2) is 24.3 Å². The Morgan fingerprint density at radius 1 is 1.31 bits per heavy atom. The van der Waals surface area contributed by atoms with E-state index < -0.39 is 0 Å². The van der Waals surface area contributed by atoms with Gasteiger partial charge in [0.15, 0.2) is 0 Å². The first-order valence-electron chi connectivity index (χ1n) is 5.71. The lowest BCUT2D eigenvalue weighted by atomic mass is 9.89. The van der Waals surface area contributed by atoms with Gasteiger partial charge in [-0.2, -0.15) is 0 Å². The fraction of sp³-hybridized carbons (Fsp3) is 0.538. The average Bonchev–Trinajstić information content (AvgIpc) is 2.24. The van der Waals surface area contributed by atoms with Crippen molar-refractivity contribution in [1.29, 1.82) is 0 Å². The molecule has 0 amide bonds. The minimum atomic E-state index is -0.171. The van der Waals surface area contributed by atoms with Crippen LogP contribution in [-0.4, -0.2) is 26.3 Å². The Bertz CT molecular complexity index is 332. The van der Waals surface area contributed by atoms with E-state index in [9.17, 15) is 4.39 Å². The Hall–Kier alpha value is -0.930. The number of hydrogen-bond donors (Lipinski definition) is 1. The second-order valence-corrected chi connectivity index (χ2v) is 4.86. The fourth-order valence-corrected chi connectivity index (χ4v) is 1.83. The van der Waals surface area contributed by atoms with Gasteiger partial charge < -0.3 is 10.1 Å². The molecule has 88 valence electrons. The highest BCUT2D eigenvalue weighted by Crippen LogP contribution is 2.24. The van der Waals surface area contributed by atoms with E-state index in [0.717, 1.165) is 32.7 Å². The predicted octanol–water partition coefficient (Wildman–Crippen LogP) is 1.99. The summed E-state index contributed by atoms with van der Waals surface area (Å²) in [5.41, 5.74) is 1.49. The highest BCUT2D eigenvalue weighted by Gasteiger charge is 2.32. The van der Waals surface area contributed by atoms with Crippen LogP contribution in [0.4, 0.5) is 4.39 Å². The molecule has 0 spiro atoms. The Morgan fingerprint density at radius 3 is 2.56 bits per heavy atom. The minimum Gasteiger partial charge on any atom is -0.380 e. The van der Waals surface area contributed by atoms with E-state index in [1.807, 2.05) is 12.1 Å². The molecule has 0 radical (unpaired) electrons. The molecule has 16 heavy (non-hydrogen) atoms. The van der Waals surface area contributed by atoms with Gasteiger partial charge in [-0.05, 0) is 30.7 Å². The maximum absolute atomic E-state index is 12.7. The van der Waals surface area contributed by atoms with Crippen molar-refractivity contribution in [3.63, 3.8) is 0 Å². The van der Waals surface area contributed by atoms with Crippen molar-refractivity contribution in [2.45, 2.75) is 13.3 Å². The van der Waals surface area contributed by atoms with Gasteiger partial charge in [-0.25, -0.2) is 4.39 Å². The van der Waals surface area contributed by atoms with Crippen LogP contribution >= 0.6 is 0 Å². The lowest BCUT2D eigenvalue weighted by molar-refractivity contribution is -0.0988. The van der Waals surface area contributed by atoms with Crippen LogP contribution in [0.5, 0.6) is 0 Å². The molecular formula is C13H18FNO. The number of nitrogens with one attached hydrogen (secondary N) is 1. The minimum absolute atomic E-state index is 0.171. The zero-order valence-corrected chi connectivity index (χ0v) is 9.63. The molecule has 1 fully saturated rings. The first kappa shape index (κ1) is 11.6. The third-order valence-electron chi connectivity index (χ3n) is 2.96. The largest absolute Gasteiger partial charge is 0.380 e. The lowest BCUT2D eigenvalue weighted by Crippen LogP contribution is -2.47. The summed E-state index contributed by atoms with van der Waals surface area (Å²) >= 11 is 0. The van der Waals surface area contributed by atoms with Crippen LogP contribution in [-0.2, 0) is 11.2 Å². The van der Waals surface area contributed by atoms with Gasteiger partial charge in [-0.15, -0.1) is 0 Å². The molecule has 1 N–H and O–H groups in total. The smallest absolute Gasteiger partial charge is 0.123 e. The number of ether oxygens (including phenoxy) is 1. The predicted molar refractivity (Wildman–Crippen MR) is 61.9 cm³/mol. The van der Waals surface area contributed by atoms with Gasteiger partial charge in [0.25, 0.3) is 0 Å². The van der Waals surface area contributed by atoms with Crippen LogP contribution in [0, 0.1) is 11.2 Å². The summed E-state index contributed by atoms with van der Waals surface area (Å²) in [5.74, 6) is -0.171. The normalized spacial score (nSPS) is 18.1. The second-order valence-electron chi connectivity index (χ2n) is 4.86. The first-order valence-corrected chi connectivity index (χ1v) is 5.71. The van der Waals surface area contributed by atoms with Crippen LogP contribution in [0.2, 0.25) is 0 Å².